The molecule has 4 fully saturated rings. The molecule has 7 aliphatic rings. The van der Waals surface area contributed by atoms with Crippen LogP contribution in [0.5, 0.6) is 0 Å². The molecule has 1 aliphatic carbocycles. The van der Waals surface area contributed by atoms with E-state index in [1.54, 1.807) is 33.3 Å². The molecule has 0 aromatic heterocycles. The SMILES string of the molecule is CC[C@H](C)[C@H]1O[C@]2(C=C[C@@H]1C)C[C@@H]1C[C@@H](C/C=C(\C)[C@@H](OC3C[C@H](OC)[C@@H](OC4C[C@H](OC)[C@@H](O)[C@H](C)O4)[C@H](C)O3)[C@@H](C)/C=C/C=C3\C(=O)OC4[C@H](O)C(C)(O)C=C(C(=O)O1)[C@]34O)O2. The summed E-state index contributed by atoms with van der Waals surface area (Å²) in [5.41, 5.74) is -4.38. The molecule has 6 heterocycles. The molecule has 2 bridgehead atoms. The average Bonchev–Trinajstić information content (AvgIpc) is 3.51. The second-order valence-corrected chi connectivity index (χ2v) is 19.2. The summed E-state index contributed by atoms with van der Waals surface area (Å²) in [4.78, 5) is 27.9. The van der Waals surface area contributed by atoms with Gasteiger partial charge in [0.2, 0.25) is 0 Å². The number of hydrogen-bond acceptors (Lipinski definition) is 16. The zero-order valence-electron chi connectivity index (χ0n) is 38.8. The molecule has 4 unspecified atom stereocenters. The van der Waals surface area contributed by atoms with Crippen LogP contribution in [-0.4, -0.2) is 149 Å². The molecule has 0 radical (unpaired) electrons. The fraction of sp³-hybridized carbons (Fsp3) is 0.750. The Kier molecular flexibility index (Phi) is 14.9. The van der Waals surface area contributed by atoms with Crippen molar-refractivity contribution in [3.05, 3.63) is 59.3 Å². The smallest absolute Gasteiger partial charge is 0.337 e. The molecule has 4 N–H and O–H groups in total. The Labute approximate surface area is 376 Å². The van der Waals surface area contributed by atoms with Crippen molar-refractivity contribution in [2.75, 3.05) is 14.2 Å². The van der Waals surface area contributed by atoms with E-state index in [1.165, 1.54) is 13.0 Å². The van der Waals surface area contributed by atoms with E-state index >= 15 is 0 Å². The summed E-state index contributed by atoms with van der Waals surface area (Å²) in [7, 11) is 3.16. The van der Waals surface area contributed by atoms with Crippen LogP contribution >= 0.6 is 0 Å². The summed E-state index contributed by atoms with van der Waals surface area (Å²) < 4.78 is 62.7. The molecule has 358 valence electrons. The molecule has 6 aliphatic heterocycles. The van der Waals surface area contributed by atoms with E-state index < -0.39 is 114 Å². The zero-order chi connectivity index (χ0) is 46.5. The first-order chi connectivity index (χ1) is 30.2. The number of aliphatic hydroxyl groups is 4. The van der Waals surface area contributed by atoms with Gasteiger partial charge in [-0.2, -0.15) is 0 Å². The van der Waals surface area contributed by atoms with Crippen LogP contribution in [0.2, 0.25) is 0 Å². The number of aliphatic hydroxyl groups excluding tert-OH is 2. The minimum atomic E-state index is -2.46. The van der Waals surface area contributed by atoms with E-state index in [0.29, 0.717) is 19.3 Å². The quantitative estimate of drug-likeness (QED) is 0.201. The third kappa shape index (κ3) is 9.63. The molecular formula is C48H70O16. The predicted octanol–water partition coefficient (Wildman–Crippen LogP) is 4.02. The van der Waals surface area contributed by atoms with Crippen LogP contribution < -0.4 is 0 Å². The van der Waals surface area contributed by atoms with Gasteiger partial charge in [-0.1, -0.05) is 58.4 Å². The number of carbonyl (C=O) groups excluding carboxylic acids is 2. The number of ether oxygens (including phenoxy) is 10. The third-order valence-electron chi connectivity index (χ3n) is 14.4. The van der Waals surface area contributed by atoms with Gasteiger partial charge >= 0.3 is 11.9 Å². The van der Waals surface area contributed by atoms with E-state index in [0.717, 1.165) is 18.1 Å². The van der Waals surface area contributed by atoms with Gasteiger partial charge in [-0.05, 0) is 63.8 Å². The standard InChI is InChI=1S/C48H70O16/c1-11-24(2)40-27(5)17-18-47(64-40)22-31-19-30(63-47)16-15-26(4)39(60-37-21-35(56-10)41(29(7)58-37)61-36-20-34(55-9)38(49)28(6)57-36)25(3)13-12-14-32-44(51)62-43-42(50)46(8,53)23-33(45(52)59-31)48(32,43)54/h12-15,17-18,23-25,27-31,34-43,49-50,53-54H,11,16,19-22H2,1-10H3/b13-12+,26-15+,32-14+/t24-,25-,27-,28-,29-,30+,31-,34-,35-,36?,37?,38-,39-,40+,41-,42-,43?,46?,47+,48+/m0/s1. The van der Waals surface area contributed by atoms with Gasteiger partial charge in [-0.3, -0.25) is 0 Å². The molecule has 0 aromatic carbocycles. The Bertz CT molecular complexity index is 1860. The van der Waals surface area contributed by atoms with Gasteiger partial charge in [-0.25, -0.2) is 9.59 Å². The highest BCUT2D eigenvalue weighted by Gasteiger charge is 2.65. The van der Waals surface area contributed by atoms with Crippen LogP contribution in [0.25, 0.3) is 0 Å². The molecular weight excluding hydrogens is 833 g/mol. The first-order valence-electron chi connectivity index (χ1n) is 23.0. The van der Waals surface area contributed by atoms with Crippen LogP contribution in [-0.2, 0) is 57.0 Å². The van der Waals surface area contributed by atoms with E-state index in [2.05, 4.69) is 32.9 Å². The van der Waals surface area contributed by atoms with Crippen LogP contribution in [0.4, 0.5) is 0 Å². The molecule has 1 spiro atoms. The topological polar surface area (TPSA) is 207 Å². The highest BCUT2D eigenvalue weighted by atomic mass is 16.7. The van der Waals surface area contributed by atoms with E-state index in [9.17, 15) is 30.0 Å². The second-order valence-electron chi connectivity index (χ2n) is 19.2. The van der Waals surface area contributed by atoms with Gasteiger partial charge in [0.1, 0.15) is 30.0 Å². The number of esters is 2. The lowest BCUT2D eigenvalue weighted by Crippen LogP contribution is -2.61. The summed E-state index contributed by atoms with van der Waals surface area (Å²) in [6.07, 6.45) is 4.04. The Balaban J connectivity index is 1.21. The van der Waals surface area contributed by atoms with Gasteiger partial charge in [0.15, 0.2) is 30.1 Å². The summed E-state index contributed by atoms with van der Waals surface area (Å²) in [5, 5.41) is 45.4. The van der Waals surface area contributed by atoms with E-state index in [-0.39, 0.29) is 42.3 Å². The molecule has 64 heavy (non-hydrogen) atoms. The van der Waals surface area contributed by atoms with E-state index in [1.807, 2.05) is 26.8 Å². The summed E-state index contributed by atoms with van der Waals surface area (Å²) in [6, 6.07) is 0. The van der Waals surface area contributed by atoms with Gasteiger partial charge in [0, 0.05) is 51.7 Å². The number of rotatable bonds is 8. The number of carbonyl (C=O) groups is 2. The van der Waals surface area contributed by atoms with Crippen LogP contribution in [0.1, 0.15) is 93.9 Å². The van der Waals surface area contributed by atoms with Crippen molar-refractivity contribution in [1.82, 2.24) is 0 Å². The van der Waals surface area contributed by atoms with Crippen LogP contribution in [0.3, 0.4) is 0 Å². The summed E-state index contributed by atoms with van der Waals surface area (Å²) >= 11 is 0. The average molecular weight is 903 g/mol. The molecule has 4 saturated heterocycles. The van der Waals surface area contributed by atoms with Crippen molar-refractivity contribution in [3.8, 4) is 0 Å². The minimum absolute atomic E-state index is 0.105. The summed E-state index contributed by atoms with van der Waals surface area (Å²) in [5.74, 6) is -3.23. The van der Waals surface area contributed by atoms with Crippen molar-refractivity contribution >= 4 is 11.9 Å². The highest BCUT2D eigenvalue weighted by Crippen LogP contribution is 2.48. The number of hydrogen-bond donors (Lipinski definition) is 4. The molecule has 0 saturated carbocycles. The molecule has 0 aromatic rings. The van der Waals surface area contributed by atoms with Crippen molar-refractivity contribution in [1.29, 1.82) is 0 Å². The summed E-state index contributed by atoms with van der Waals surface area (Å²) in [6.45, 7) is 15.2. The third-order valence-corrected chi connectivity index (χ3v) is 14.4. The van der Waals surface area contributed by atoms with Crippen molar-refractivity contribution < 1.29 is 77.4 Å². The van der Waals surface area contributed by atoms with Crippen molar-refractivity contribution in [3.63, 3.8) is 0 Å². The largest absolute Gasteiger partial charge is 0.459 e. The first-order valence-corrected chi connectivity index (χ1v) is 23.0. The minimum Gasteiger partial charge on any atom is -0.459 e. The molecule has 16 heteroatoms. The normalized spacial score (nSPS) is 49.1. The molecule has 20 atom stereocenters. The number of allylic oxidation sites excluding steroid dienone is 2. The lowest BCUT2D eigenvalue weighted by atomic mass is 9.71. The Morgan fingerprint density at radius 1 is 0.844 bits per heavy atom. The number of methoxy groups -OCH3 is 2. The molecule has 16 nitrogen and oxygen atoms in total. The zero-order valence-corrected chi connectivity index (χ0v) is 38.8. The molecule has 0 amide bonds. The van der Waals surface area contributed by atoms with Crippen molar-refractivity contribution in [2.24, 2.45) is 17.8 Å². The monoisotopic (exact) mass is 902 g/mol. The fourth-order valence-corrected chi connectivity index (χ4v) is 10.4. The maximum atomic E-state index is 14.4. The number of fused-ring (bicyclic) bond motifs is 2. The second kappa shape index (κ2) is 19.4. The molecule has 7 rings (SSSR count). The van der Waals surface area contributed by atoms with Gasteiger partial charge in [-0.15, -0.1) is 0 Å². The van der Waals surface area contributed by atoms with Crippen LogP contribution in [0, 0.1) is 17.8 Å². The maximum Gasteiger partial charge on any atom is 0.337 e. The fourth-order valence-electron chi connectivity index (χ4n) is 10.4. The Morgan fingerprint density at radius 3 is 2.22 bits per heavy atom. The van der Waals surface area contributed by atoms with E-state index in [4.69, 9.17) is 47.4 Å². The predicted molar refractivity (Wildman–Crippen MR) is 229 cm³/mol. The lowest BCUT2D eigenvalue weighted by molar-refractivity contribution is -0.318. The lowest BCUT2D eigenvalue weighted by Gasteiger charge is -2.48. The first kappa shape index (κ1) is 49.1. The van der Waals surface area contributed by atoms with Crippen LogP contribution in [0.15, 0.2) is 59.3 Å². The Hall–Kier alpha value is -2.84. The van der Waals surface area contributed by atoms with Gasteiger partial charge < -0.3 is 67.8 Å². The maximum absolute atomic E-state index is 14.4. The van der Waals surface area contributed by atoms with Gasteiger partial charge in [0.25, 0.3) is 0 Å². The van der Waals surface area contributed by atoms with Crippen molar-refractivity contribution in [2.45, 2.75) is 197 Å². The van der Waals surface area contributed by atoms with Gasteiger partial charge in [0.05, 0.1) is 53.9 Å². The Morgan fingerprint density at radius 2 is 1.52 bits per heavy atom. The highest BCUT2D eigenvalue weighted by molar-refractivity contribution is 6.02.